The third-order valence-electron chi connectivity index (χ3n) is 5.84. The highest BCUT2D eigenvalue weighted by molar-refractivity contribution is 7.60. The molecule has 0 bridgehead atoms. The maximum Gasteiger partial charge on any atom is 0.356 e. The van der Waals surface area contributed by atoms with Crippen LogP contribution in [0, 0.1) is 0 Å². The Morgan fingerprint density at radius 1 is 0.528 bits per heavy atom. The van der Waals surface area contributed by atoms with Gasteiger partial charge in [0.1, 0.15) is 0 Å². The molecular weight excluding hydrogens is 506 g/mol. The van der Waals surface area contributed by atoms with E-state index >= 15 is 0 Å². The predicted molar refractivity (Wildman–Crippen MR) is 140 cm³/mol. The molecule has 0 aromatic heterocycles. The number of hydrogen-bond acceptors (Lipinski definition) is 4. The summed E-state index contributed by atoms with van der Waals surface area (Å²) in [7, 11) is -8.59. The van der Waals surface area contributed by atoms with E-state index in [0.717, 1.165) is 64.2 Å². The van der Waals surface area contributed by atoms with Crippen molar-refractivity contribution in [3.8, 4) is 0 Å². The largest absolute Gasteiger partial charge is 0.356 e. The zero-order chi connectivity index (χ0) is 26.6. The molecular formula is C24H34N2O8P2. The van der Waals surface area contributed by atoms with E-state index in [2.05, 4.69) is 0 Å². The van der Waals surface area contributed by atoms with E-state index in [-0.39, 0.29) is 10.6 Å². The van der Waals surface area contributed by atoms with Crippen LogP contribution >= 0.6 is 15.2 Å². The maximum atomic E-state index is 11.4. The average molecular weight is 540 g/mol. The van der Waals surface area contributed by atoms with E-state index in [1.165, 1.54) is 58.3 Å². The molecule has 2 amide bonds. The van der Waals surface area contributed by atoms with Crippen molar-refractivity contribution in [3.05, 3.63) is 48.5 Å². The van der Waals surface area contributed by atoms with E-state index in [4.69, 9.17) is 0 Å². The lowest BCUT2D eigenvalue weighted by Crippen LogP contribution is -2.22. The SMILES string of the molecule is O=CN(CCCCCCCCCCN(C=O)c1ccc(P(=O)(O)O)cc1)c1ccc(P(=O)(O)O)cc1. The highest BCUT2D eigenvalue weighted by Gasteiger charge is 2.18. The Morgan fingerprint density at radius 3 is 1.06 bits per heavy atom. The van der Waals surface area contributed by atoms with Crippen molar-refractivity contribution in [1.82, 2.24) is 0 Å². The summed E-state index contributed by atoms with van der Waals surface area (Å²) in [5.41, 5.74) is 1.20. The summed E-state index contributed by atoms with van der Waals surface area (Å²) in [5.74, 6) is 0. The summed E-state index contributed by atoms with van der Waals surface area (Å²) in [6.45, 7) is 1.07. The number of amides is 2. The minimum atomic E-state index is -4.30. The molecule has 0 radical (unpaired) electrons. The number of hydrogen-bond donors (Lipinski definition) is 4. The number of nitrogens with zero attached hydrogens (tertiary/aromatic N) is 2. The van der Waals surface area contributed by atoms with Gasteiger partial charge in [0.25, 0.3) is 0 Å². The number of benzene rings is 2. The molecule has 2 aromatic rings. The molecule has 2 rings (SSSR count). The van der Waals surface area contributed by atoms with Gasteiger partial charge in [-0.25, -0.2) is 0 Å². The lowest BCUT2D eigenvalue weighted by Gasteiger charge is -2.18. The fraction of sp³-hybridized carbons (Fsp3) is 0.417. The van der Waals surface area contributed by atoms with E-state index in [9.17, 15) is 38.3 Å². The minimum Gasteiger partial charge on any atom is -0.321 e. The maximum absolute atomic E-state index is 11.4. The Labute approximate surface area is 211 Å². The van der Waals surface area contributed by atoms with E-state index in [1.54, 1.807) is 0 Å². The monoisotopic (exact) mass is 540 g/mol. The number of carbonyl (C=O) groups is 2. The normalized spacial score (nSPS) is 11.8. The van der Waals surface area contributed by atoms with Crippen LogP contribution in [0.4, 0.5) is 11.4 Å². The summed E-state index contributed by atoms with van der Waals surface area (Å²) < 4.78 is 22.5. The van der Waals surface area contributed by atoms with Gasteiger partial charge in [0, 0.05) is 24.5 Å². The summed E-state index contributed by atoms with van der Waals surface area (Å²) in [4.78, 5) is 62.5. The number of anilines is 2. The van der Waals surface area contributed by atoms with Gasteiger partial charge in [-0.05, 0) is 61.4 Å². The van der Waals surface area contributed by atoms with Crippen LogP contribution in [0.15, 0.2) is 48.5 Å². The van der Waals surface area contributed by atoms with Crippen molar-refractivity contribution in [2.45, 2.75) is 51.4 Å². The molecule has 0 fully saturated rings. The van der Waals surface area contributed by atoms with Gasteiger partial charge in [-0.2, -0.15) is 0 Å². The van der Waals surface area contributed by atoms with Gasteiger partial charge in [-0.1, -0.05) is 38.5 Å². The summed E-state index contributed by atoms with van der Waals surface area (Å²) in [6.07, 6.45) is 9.25. The van der Waals surface area contributed by atoms with Crippen molar-refractivity contribution in [3.63, 3.8) is 0 Å². The highest BCUT2D eigenvalue weighted by Crippen LogP contribution is 2.34. The molecule has 2 aromatic carbocycles. The van der Waals surface area contributed by atoms with Crippen molar-refractivity contribution >= 4 is 50.0 Å². The third kappa shape index (κ3) is 9.97. The van der Waals surface area contributed by atoms with Gasteiger partial charge in [0.15, 0.2) is 0 Å². The summed E-state index contributed by atoms with van der Waals surface area (Å²) in [6, 6.07) is 11.5. The Balaban J connectivity index is 1.58. The summed E-state index contributed by atoms with van der Waals surface area (Å²) >= 11 is 0. The molecule has 12 heteroatoms. The molecule has 0 aliphatic heterocycles. The second kappa shape index (κ2) is 14.4. The van der Waals surface area contributed by atoms with Crippen LogP contribution in [-0.2, 0) is 18.7 Å². The minimum absolute atomic E-state index is 0.0761. The molecule has 0 saturated carbocycles. The van der Waals surface area contributed by atoms with Crippen molar-refractivity contribution in [1.29, 1.82) is 0 Å². The molecule has 0 heterocycles. The lowest BCUT2D eigenvalue weighted by molar-refractivity contribution is -0.108. The topological polar surface area (TPSA) is 156 Å². The fourth-order valence-corrected chi connectivity index (χ4v) is 4.86. The van der Waals surface area contributed by atoms with Crippen molar-refractivity contribution in [2.75, 3.05) is 22.9 Å². The Morgan fingerprint density at radius 2 is 0.806 bits per heavy atom. The molecule has 0 spiro atoms. The van der Waals surface area contributed by atoms with Gasteiger partial charge in [-0.3, -0.25) is 18.7 Å². The first-order valence-electron chi connectivity index (χ1n) is 11.8. The van der Waals surface area contributed by atoms with Gasteiger partial charge in [-0.15, -0.1) is 0 Å². The highest BCUT2D eigenvalue weighted by atomic mass is 31.2. The molecule has 10 nitrogen and oxygen atoms in total. The van der Waals surface area contributed by atoms with Crippen LogP contribution in [0.3, 0.4) is 0 Å². The summed E-state index contributed by atoms with van der Waals surface area (Å²) in [5, 5.41) is -0.152. The molecule has 0 aliphatic rings. The van der Waals surface area contributed by atoms with Crippen LogP contribution in [-0.4, -0.2) is 45.5 Å². The second-order valence-electron chi connectivity index (χ2n) is 8.55. The molecule has 4 N–H and O–H groups in total. The van der Waals surface area contributed by atoms with Crippen LogP contribution < -0.4 is 20.4 Å². The first kappa shape index (κ1) is 29.9. The van der Waals surface area contributed by atoms with Crippen molar-refractivity contribution in [2.24, 2.45) is 0 Å². The van der Waals surface area contributed by atoms with Gasteiger partial charge in [0.2, 0.25) is 12.8 Å². The molecule has 0 aliphatic carbocycles. The number of unbranched alkanes of at least 4 members (excludes halogenated alkanes) is 7. The van der Waals surface area contributed by atoms with Crippen LogP contribution in [0.25, 0.3) is 0 Å². The smallest absolute Gasteiger partial charge is 0.321 e. The zero-order valence-corrected chi connectivity index (χ0v) is 21.8. The first-order valence-corrected chi connectivity index (χ1v) is 15.0. The standard InChI is InChI=1S/C24H34N2O8P2/c27-19-25(21-9-13-23(14-10-21)35(29,30)31)17-7-5-3-1-2-4-6-8-18-26(20-28)22-11-15-24(16-12-22)36(32,33)34/h9-16,19-20H,1-8,17-18H2,(H2,29,30,31)(H2,32,33,34). The van der Waals surface area contributed by atoms with Crippen molar-refractivity contribution < 1.29 is 38.3 Å². The van der Waals surface area contributed by atoms with E-state index in [1.807, 2.05) is 0 Å². The predicted octanol–water partition coefficient (Wildman–Crippen LogP) is 3.04. The second-order valence-corrected chi connectivity index (χ2v) is 11.8. The quantitative estimate of drug-likeness (QED) is 0.136. The number of rotatable bonds is 17. The first-order chi connectivity index (χ1) is 17.1. The van der Waals surface area contributed by atoms with Gasteiger partial charge in [0.05, 0.1) is 10.6 Å². The average Bonchev–Trinajstić information content (AvgIpc) is 2.84. The van der Waals surface area contributed by atoms with Crippen LogP contribution in [0.1, 0.15) is 51.4 Å². The Hall–Kier alpha value is -2.32. The fourth-order valence-electron chi connectivity index (χ4n) is 3.79. The zero-order valence-electron chi connectivity index (χ0n) is 20.1. The van der Waals surface area contributed by atoms with Crippen LogP contribution in [0.5, 0.6) is 0 Å². The molecule has 0 saturated heterocycles. The van der Waals surface area contributed by atoms with Gasteiger partial charge >= 0.3 is 15.2 Å². The number of carbonyl (C=O) groups excluding carboxylic acids is 2. The molecule has 0 atom stereocenters. The van der Waals surface area contributed by atoms with Gasteiger partial charge < -0.3 is 29.4 Å². The van der Waals surface area contributed by atoms with E-state index in [0.29, 0.717) is 24.5 Å². The molecule has 0 unspecified atom stereocenters. The van der Waals surface area contributed by atoms with E-state index < -0.39 is 15.2 Å². The Kier molecular flexibility index (Phi) is 12.0. The third-order valence-corrected chi connectivity index (χ3v) is 7.78. The Bertz CT molecular complexity index is 965. The molecule has 36 heavy (non-hydrogen) atoms. The molecule has 198 valence electrons. The van der Waals surface area contributed by atoms with Crippen LogP contribution in [0.2, 0.25) is 0 Å². The lowest BCUT2D eigenvalue weighted by atomic mass is 10.1.